The van der Waals surface area contributed by atoms with E-state index in [1.807, 2.05) is 17.5 Å². The van der Waals surface area contributed by atoms with E-state index in [0.717, 1.165) is 4.88 Å². The van der Waals surface area contributed by atoms with Crippen LogP contribution in [0.25, 0.3) is 0 Å². The van der Waals surface area contributed by atoms with Gasteiger partial charge >= 0.3 is 0 Å². The lowest BCUT2D eigenvalue weighted by atomic mass is 9.76. The quantitative estimate of drug-likeness (QED) is 0.780. The van der Waals surface area contributed by atoms with E-state index in [1.165, 1.54) is 0 Å². The Morgan fingerprint density at radius 3 is 2.95 bits per heavy atom. The number of aliphatic hydroxyl groups is 2. The van der Waals surface area contributed by atoms with Crippen LogP contribution >= 0.6 is 11.3 Å². The molecule has 1 amide bonds. The third-order valence-electron chi connectivity index (χ3n) is 4.12. The van der Waals surface area contributed by atoms with Gasteiger partial charge in [0.25, 0.3) is 5.91 Å². The number of aromatic nitrogens is 1. The summed E-state index contributed by atoms with van der Waals surface area (Å²) >= 11 is 1.57. The zero-order chi connectivity index (χ0) is 15.7. The Bertz CT molecular complexity index is 647. The van der Waals surface area contributed by atoms with Gasteiger partial charge in [-0.15, -0.1) is 11.3 Å². The molecule has 0 saturated heterocycles. The zero-order valence-electron chi connectivity index (χ0n) is 12.2. The molecule has 3 N–H and O–H groups in total. The Labute approximate surface area is 131 Å². The number of thiophene rings is 1. The molecule has 1 saturated carbocycles. The number of aliphatic hydroxyl groups excluding tert-OH is 2. The van der Waals surface area contributed by atoms with Gasteiger partial charge in [-0.2, -0.15) is 0 Å². The average molecular weight is 322 g/mol. The van der Waals surface area contributed by atoms with Crippen molar-refractivity contribution in [2.24, 2.45) is 5.92 Å². The molecule has 0 spiro atoms. The summed E-state index contributed by atoms with van der Waals surface area (Å²) in [7, 11) is 0. The number of nitrogens with one attached hydrogen (secondary N) is 1. The van der Waals surface area contributed by atoms with Crippen LogP contribution in [0.3, 0.4) is 0 Å². The van der Waals surface area contributed by atoms with Crippen LogP contribution in [-0.4, -0.2) is 27.4 Å². The smallest absolute Gasteiger partial charge is 0.274 e. The highest BCUT2D eigenvalue weighted by Crippen LogP contribution is 2.39. The second-order valence-electron chi connectivity index (χ2n) is 5.58. The first-order valence-corrected chi connectivity index (χ1v) is 8.06. The third kappa shape index (κ3) is 2.79. The molecule has 6 nitrogen and oxygen atoms in total. The first kappa shape index (κ1) is 15.2. The van der Waals surface area contributed by atoms with Crippen LogP contribution in [0.4, 0.5) is 0 Å². The summed E-state index contributed by atoms with van der Waals surface area (Å²) in [4.78, 5) is 13.5. The fourth-order valence-corrected chi connectivity index (χ4v) is 3.63. The molecule has 0 aliphatic heterocycles. The van der Waals surface area contributed by atoms with Gasteiger partial charge in [0.1, 0.15) is 5.76 Å². The van der Waals surface area contributed by atoms with Gasteiger partial charge in [-0.05, 0) is 37.1 Å². The summed E-state index contributed by atoms with van der Waals surface area (Å²) in [5.41, 5.74) is 0.539. The predicted molar refractivity (Wildman–Crippen MR) is 80.4 cm³/mol. The summed E-state index contributed by atoms with van der Waals surface area (Å²) in [5, 5.41) is 27.6. The molecule has 1 aliphatic rings. The molecule has 0 bridgehead atoms. The Kier molecular flexibility index (Phi) is 4.28. The monoisotopic (exact) mass is 322 g/mol. The summed E-state index contributed by atoms with van der Waals surface area (Å²) in [6.07, 6.45) is 1.06. The van der Waals surface area contributed by atoms with E-state index >= 15 is 0 Å². The van der Waals surface area contributed by atoms with Crippen molar-refractivity contribution in [3.8, 4) is 0 Å². The lowest BCUT2D eigenvalue weighted by molar-refractivity contribution is 0.0240. The SMILES string of the molecule is Cc1onc(C(=O)N[C@@H](c2cccs2)C2CC(O)C2)c1CO. The Hall–Kier alpha value is -1.70. The van der Waals surface area contributed by atoms with Crippen LogP contribution in [0, 0.1) is 12.8 Å². The fraction of sp³-hybridized carbons (Fsp3) is 0.467. The molecule has 0 radical (unpaired) electrons. The van der Waals surface area contributed by atoms with Crippen LogP contribution in [0.15, 0.2) is 22.0 Å². The van der Waals surface area contributed by atoms with E-state index in [2.05, 4.69) is 10.5 Å². The van der Waals surface area contributed by atoms with Gasteiger partial charge in [0.15, 0.2) is 5.69 Å². The van der Waals surface area contributed by atoms with Crippen molar-refractivity contribution < 1.29 is 19.5 Å². The topological polar surface area (TPSA) is 95.6 Å². The molecule has 2 aromatic heterocycles. The van der Waals surface area contributed by atoms with Crippen LogP contribution in [0.2, 0.25) is 0 Å². The molecule has 7 heteroatoms. The number of rotatable bonds is 5. The molecule has 0 aromatic carbocycles. The normalized spacial score (nSPS) is 22.1. The number of nitrogens with zero attached hydrogens (tertiary/aromatic N) is 1. The number of hydrogen-bond donors (Lipinski definition) is 3. The largest absolute Gasteiger partial charge is 0.393 e. The first-order valence-electron chi connectivity index (χ1n) is 7.18. The first-order chi connectivity index (χ1) is 10.6. The zero-order valence-corrected chi connectivity index (χ0v) is 13.0. The lowest BCUT2D eigenvalue weighted by Crippen LogP contribution is -2.41. The Morgan fingerprint density at radius 2 is 2.36 bits per heavy atom. The number of carbonyl (C=O) groups is 1. The van der Waals surface area contributed by atoms with Gasteiger partial charge in [0.2, 0.25) is 0 Å². The predicted octanol–water partition coefficient (Wildman–Crippen LogP) is 1.78. The molecule has 1 atom stereocenters. The molecule has 22 heavy (non-hydrogen) atoms. The summed E-state index contributed by atoms with van der Waals surface area (Å²) in [5.74, 6) is 0.295. The number of hydrogen-bond acceptors (Lipinski definition) is 6. The van der Waals surface area contributed by atoms with Crippen molar-refractivity contribution in [3.05, 3.63) is 39.4 Å². The highest BCUT2D eigenvalue weighted by atomic mass is 32.1. The van der Waals surface area contributed by atoms with E-state index in [9.17, 15) is 15.0 Å². The molecule has 1 fully saturated rings. The summed E-state index contributed by atoms with van der Waals surface area (Å²) in [6, 6.07) is 3.76. The van der Waals surface area contributed by atoms with E-state index in [1.54, 1.807) is 18.3 Å². The number of amides is 1. The highest BCUT2D eigenvalue weighted by molar-refractivity contribution is 7.10. The fourth-order valence-electron chi connectivity index (χ4n) is 2.76. The van der Waals surface area contributed by atoms with Crippen LogP contribution < -0.4 is 5.32 Å². The summed E-state index contributed by atoms with van der Waals surface area (Å²) < 4.78 is 4.99. The Morgan fingerprint density at radius 1 is 1.59 bits per heavy atom. The van der Waals surface area contributed by atoms with E-state index < -0.39 is 0 Å². The van der Waals surface area contributed by atoms with Crippen molar-refractivity contribution in [2.75, 3.05) is 0 Å². The minimum atomic E-state index is -0.360. The Balaban J connectivity index is 1.79. The summed E-state index contributed by atoms with van der Waals surface area (Å²) in [6.45, 7) is 1.37. The maximum Gasteiger partial charge on any atom is 0.274 e. The van der Waals surface area contributed by atoms with Gasteiger partial charge in [-0.3, -0.25) is 4.79 Å². The van der Waals surface area contributed by atoms with Gasteiger partial charge < -0.3 is 20.1 Å². The molecular formula is C15H18N2O4S. The van der Waals surface area contributed by atoms with Gasteiger partial charge in [0, 0.05) is 4.88 Å². The molecule has 1 aliphatic carbocycles. The van der Waals surface area contributed by atoms with Crippen molar-refractivity contribution in [2.45, 2.75) is 38.5 Å². The lowest BCUT2D eigenvalue weighted by Gasteiger charge is -2.37. The van der Waals surface area contributed by atoms with E-state index in [0.29, 0.717) is 24.2 Å². The van der Waals surface area contributed by atoms with Crippen molar-refractivity contribution in [1.29, 1.82) is 0 Å². The van der Waals surface area contributed by atoms with Gasteiger partial charge in [-0.1, -0.05) is 11.2 Å². The van der Waals surface area contributed by atoms with E-state index in [-0.39, 0.29) is 36.3 Å². The van der Waals surface area contributed by atoms with Crippen molar-refractivity contribution >= 4 is 17.2 Å². The molecular weight excluding hydrogens is 304 g/mol. The number of aryl methyl sites for hydroxylation is 1. The van der Waals surface area contributed by atoms with Crippen LogP contribution in [0.1, 0.15) is 45.6 Å². The van der Waals surface area contributed by atoms with Gasteiger partial charge in [-0.25, -0.2) is 0 Å². The van der Waals surface area contributed by atoms with Crippen LogP contribution in [-0.2, 0) is 6.61 Å². The maximum atomic E-state index is 12.5. The average Bonchev–Trinajstić information content (AvgIpc) is 3.10. The second kappa shape index (κ2) is 6.20. The van der Waals surface area contributed by atoms with Crippen molar-refractivity contribution in [1.82, 2.24) is 10.5 Å². The standard InChI is InChI=1S/C15H18N2O4S/c1-8-11(7-18)14(17-21-8)15(20)16-13(9-5-10(19)6-9)12-3-2-4-22-12/h2-4,9-10,13,18-19H,5-7H2,1H3,(H,16,20)/t9?,10?,13-/m1/s1. The van der Waals surface area contributed by atoms with E-state index in [4.69, 9.17) is 4.52 Å². The van der Waals surface area contributed by atoms with Crippen LogP contribution in [0.5, 0.6) is 0 Å². The minimum absolute atomic E-state index is 0.126. The third-order valence-corrected chi connectivity index (χ3v) is 5.07. The maximum absolute atomic E-state index is 12.5. The number of carbonyl (C=O) groups excluding carboxylic acids is 1. The second-order valence-corrected chi connectivity index (χ2v) is 6.56. The molecule has 0 unspecified atom stereocenters. The molecule has 2 heterocycles. The molecule has 3 rings (SSSR count). The van der Waals surface area contributed by atoms with Gasteiger partial charge in [0.05, 0.1) is 24.3 Å². The molecule has 2 aromatic rings. The highest BCUT2D eigenvalue weighted by Gasteiger charge is 2.37. The molecule has 118 valence electrons. The minimum Gasteiger partial charge on any atom is -0.393 e. The van der Waals surface area contributed by atoms with Crippen molar-refractivity contribution in [3.63, 3.8) is 0 Å².